The van der Waals surface area contributed by atoms with Crippen LogP contribution >= 0.6 is 23.5 Å². The zero-order chi connectivity index (χ0) is 25.7. The summed E-state index contributed by atoms with van der Waals surface area (Å²) >= 11 is 3.53. The molecule has 2 heterocycles. The highest BCUT2D eigenvalue weighted by atomic mass is 32.2. The number of rotatable bonds is 7. The molecular weight excluding hydrogens is 503 g/mol. The molecule has 6 rings (SSSR count). The van der Waals surface area contributed by atoms with Gasteiger partial charge in [0.15, 0.2) is 7.05 Å². The fraction of sp³-hybridized carbons (Fsp3) is 0.0303. The monoisotopic (exact) mass is 527 g/mol. The van der Waals surface area contributed by atoms with E-state index in [4.69, 9.17) is 4.98 Å². The van der Waals surface area contributed by atoms with Crippen LogP contribution in [0.5, 0.6) is 0 Å². The smallest absolute Gasteiger partial charge is 0.256 e. The largest absolute Gasteiger partial charge is 0.495 e. The summed E-state index contributed by atoms with van der Waals surface area (Å²) in [4.78, 5) is 9.52. The molecule has 0 fully saturated rings. The second kappa shape index (κ2) is 11.1. The summed E-state index contributed by atoms with van der Waals surface area (Å²) in [6, 6.07) is 43.8. The number of hydrogen-bond donors (Lipinski definition) is 0. The molecule has 182 valence electrons. The van der Waals surface area contributed by atoms with E-state index in [0.717, 1.165) is 22.5 Å². The van der Waals surface area contributed by atoms with Crippen LogP contribution in [-0.2, 0) is 0 Å². The molecule has 0 saturated carbocycles. The molecule has 1 aliphatic rings. The van der Waals surface area contributed by atoms with E-state index in [2.05, 4.69) is 115 Å². The zero-order valence-electron chi connectivity index (χ0n) is 20.9. The van der Waals surface area contributed by atoms with Crippen LogP contribution in [0.2, 0.25) is 0 Å². The first-order chi connectivity index (χ1) is 18.7. The van der Waals surface area contributed by atoms with E-state index in [0.29, 0.717) is 0 Å². The van der Waals surface area contributed by atoms with E-state index < -0.39 is 0 Å². The van der Waals surface area contributed by atoms with Crippen LogP contribution < -0.4 is 0 Å². The third-order valence-corrected chi connectivity index (χ3v) is 8.05. The van der Waals surface area contributed by atoms with Crippen molar-refractivity contribution in [3.8, 4) is 22.4 Å². The van der Waals surface area contributed by atoms with E-state index in [1.165, 1.54) is 25.1 Å². The molecule has 0 saturated heterocycles. The third-order valence-electron chi connectivity index (χ3n) is 6.07. The Morgan fingerprint density at radius 1 is 0.579 bits per heavy atom. The van der Waals surface area contributed by atoms with Gasteiger partial charge in [-0.25, -0.2) is 0 Å². The molecule has 5 aromatic rings. The molecule has 1 aliphatic heterocycles. The van der Waals surface area contributed by atoms with Crippen molar-refractivity contribution < 1.29 is 9.15 Å². The van der Waals surface area contributed by atoms with Crippen LogP contribution in [0.3, 0.4) is 0 Å². The van der Waals surface area contributed by atoms with Crippen molar-refractivity contribution in [2.75, 3.05) is 7.05 Å². The molecule has 0 N–H and O–H groups in total. The van der Waals surface area contributed by atoms with E-state index in [1.54, 1.807) is 23.5 Å². The van der Waals surface area contributed by atoms with Crippen LogP contribution in [0.25, 0.3) is 22.4 Å². The topological polar surface area (TPSA) is 18.9 Å². The zero-order valence-corrected chi connectivity index (χ0v) is 22.5. The van der Waals surface area contributed by atoms with E-state index in [1.807, 2.05) is 40.9 Å². The van der Waals surface area contributed by atoms with Gasteiger partial charge in [0.2, 0.25) is 11.9 Å². The minimum absolute atomic E-state index is 0.967. The Kier molecular flexibility index (Phi) is 7.05. The summed E-state index contributed by atoms with van der Waals surface area (Å²) in [5.41, 5.74) is 5.51. The minimum Gasteiger partial charge on any atom is -0.256 e. The van der Waals surface area contributed by atoms with Crippen molar-refractivity contribution in [3.05, 3.63) is 134 Å². The number of aromatic nitrogens is 1. The van der Waals surface area contributed by atoms with Gasteiger partial charge in [-0.05, 0) is 65.7 Å². The van der Waals surface area contributed by atoms with Crippen LogP contribution in [-0.4, -0.2) is 27.2 Å². The first kappa shape index (κ1) is 24.2. The minimum atomic E-state index is 0.967. The molecular formula is C33H25N3S2+2. The van der Waals surface area contributed by atoms with Gasteiger partial charge in [0, 0.05) is 43.5 Å². The van der Waals surface area contributed by atoms with Gasteiger partial charge >= 0.3 is 6.01 Å². The van der Waals surface area contributed by atoms with Gasteiger partial charge in [0.25, 0.3) is 6.20 Å². The Morgan fingerprint density at radius 2 is 1.21 bits per heavy atom. The molecule has 0 unspecified atom stereocenters. The lowest BCUT2D eigenvalue weighted by molar-refractivity contribution is -0.429. The average Bonchev–Trinajstić information content (AvgIpc) is 3.40. The molecule has 4 aromatic carbocycles. The highest BCUT2D eigenvalue weighted by Crippen LogP contribution is 2.34. The predicted octanol–water partition coefficient (Wildman–Crippen LogP) is 8.66. The third kappa shape index (κ3) is 5.71. The fourth-order valence-corrected chi connectivity index (χ4v) is 6.06. The quantitative estimate of drug-likeness (QED) is 0.197. The Bertz CT molecular complexity index is 1720. The first-order valence-electron chi connectivity index (χ1n) is 12.3. The van der Waals surface area contributed by atoms with Crippen molar-refractivity contribution in [2.24, 2.45) is 0 Å². The molecule has 5 heteroatoms. The molecule has 3 nitrogen and oxygen atoms in total. The Labute approximate surface area is 231 Å². The maximum absolute atomic E-state index is 4.71. The highest BCUT2D eigenvalue weighted by molar-refractivity contribution is 7.99. The normalized spacial score (nSPS) is 12.3. The number of benzene rings is 4. The maximum atomic E-state index is 4.71. The van der Waals surface area contributed by atoms with Gasteiger partial charge in [-0.3, -0.25) is 4.98 Å². The molecule has 38 heavy (non-hydrogen) atoms. The van der Waals surface area contributed by atoms with Gasteiger partial charge in [-0.1, -0.05) is 81.2 Å². The summed E-state index contributed by atoms with van der Waals surface area (Å²) in [6.07, 6.45) is 5.90. The molecule has 0 aliphatic carbocycles. The highest BCUT2D eigenvalue weighted by Gasteiger charge is 2.16. The van der Waals surface area contributed by atoms with Gasteiger partial charge in [-0.2, -0.15) is 0 Å². The lowest BCUT2D eigenvalue weighted by Crippen LogP contribution is -1.93. The Balaban J connectivity index is 1.24. The lowest BCUT2D eigenvalue weighted by atomic mass is 10.0. The summed E-state index contributed by atoms with van der Waals surface area (Å²) in [7, 11) is 1.98. The van der Waals surface area contributed by atoms with Crippen LogP contribution in [0.1, 0.15) is 0 Å². The number of hydrogen-bond acceptors (Lipinski definition) is 3. The number of nitrogens with zero attached hydrogens (tertiary/aromatic N) is 3. The van der Waals surface area contributed by atoms with E-state index in [-0.39, 0.29) is 0 Å². The maximum Gasteiger partial charge on any atom is 0.495 e. The van der Waals surface area contributed by atoms with Crippen molar-refractivity contribution in [1.82, 2.24) is 4.98 Å². The standard InChI is InChI=1S/C33H25N3S2/c1-35-18-19-36(24-35)28-10-7-15-32(23-28)38-31-14-6-9-27(21-31)33-22-26(16-17-34-33)25-8-5-13-30(20-25)37-29-11-3-2-4-12-29/h2-23H,1H3/q+2. The van der Waals surface area contributed by atoms with Crippen molar-refractivity contribution in [2.45, 2.75) is 19.6 Å². The van der Waals surface area contributed by atoms with Gasteiger partial charge < -0.3 is 0 Å². The molecule has 0 spiro atoms. The molecule has 0 atom stereocenters. The Hall–Kier alpha value is -4.15. The Morgan fingerprint density at radius 3 is 1.97 bits per heavy atom. The van der Waals surface area contributed by atoms with Crippen molar-refractivity contribution in [3.63, 3.8) is 0 Å². The molecule has 0 amide bonds. The molecule has 1 aromatic heterocycles. The van der Waals surface area contributed by atoms with Crippen LogP contribution in [0.15, 0.2) is 153 Å². The summed E-state index contributed by atoms with van der Waals surface area (Å²) < 4.78 is 3.92. The van der Waals surface area contributed by atoms with E-state index >= 15 is 0 Å². The SMILES string of the molecule is C[N+]1=C=[N+](c2cccc(Sc3cccc(-c4cc(-c5cccc(Sc6ccccc6)c5)ccn4)c3)c2)C=C1. The van der Waals surface area contributed by atoms with Crippen LogP contribution in [0, 0.1) is 0 Å². The van der Waals surface area contributed by atoms with Crippen molar-refractivity contribution >= 4 is 35.2 Å². The van der Waals surface area contributed by atoms with Gasteiger partial charge in [0.1, 0.15) is 0 Å². The summed E-state index contributed by atoms with van der Waals surface area (Å²) in [6.45, 7) is 0. The van der Waals surface area contributed by atoms with Crippen molar-refractivity contribution in [1.29, 1.82) is 0 Å². The average molecular weight is 528 g/mol. The summed E-state index contributed by atoms with van der Waals surface area (Å²) in [5.74, 6) is 0. The second-order valence-corrected chi connectivity index (χ2v) is 11.2. The second-order valence-electron chi connectivity index (χ2n) is 8.88. The first-order valence-corrected chi connectivity index (χ1v) is 14.0. The van der Waals surface area contributed by atoms with Crippen LogP contribution in [0.4, 0.5) is 5.69 Å². The number of pyridine rings is 1. The molecule has 0 bridgehead atoms. The summed E-state index contributed by atoms with van der Waals surface area (Å²) in [5, 5.41) is 0. The molecule has 0 radical (unpaired) electrons. The van der Waals surface area contributed by atoms with Gasteiger partial charge in [0.05, 0.1) is 5.69 Å². The fourth-order valence-electron chi connectivity index (χ4n) is 4.23. The van der Waals surface area contributed by atoms with Gasteiger partial charge in [-0.15, -0.1) is 0 Å². The van der Waals surface area contributed by atoms with E-state index in [9.17, 15) is 0 Å². The lowest BCUT2D eigenvalue weighted by Gasteiger charge is -2.09. The predicted molar refractivity (Wildman–Crippen MR) is 156 cm³/mol.